The lowest BCUT2D eigenvalue weighted by atomic mass is 10.1. The first-order valence-electron chi connectivity index (χ1n) is 6.05. The van der Waals surface area contributed by atoms with Gasteiger partial charge in [-0.2, -0.15) is 0 Å². The van der Waals surface area contributed by atoms with Crippen molar-refractivity contribution in [2.45, 2.75) is 25.6 Å². The smallest absolute Gasteiger partial charge is 0.119 e. The van der Waals surface area contributed by atoms with Gasteiger partial charge >= 0.3 is 0 Å². The highest BCUT2D eigenvalue weighted by molar-refractivity contribution is 9.09. The third-order valence-electron chi connectivity index (χ3n) is 2.79. The fourth-order valence-electron chi connectivity index (χ4n) is 1.96. The van der Waals surface area contributed by atoms with Crippen LogP contribution < -0.4 is 4.74 Å². The molecule has 0 saturated carbocycles. The van der Waals surface area contributed by atoms with E-state index in [-0.39, 0.29) is 4.83 Å². The second kappa shape index (κ2) is 5.89. The van der Waals surface area contributed by atoms with Crippen molar-refractivity contribution in [2.75, 3.05) is 6.61 Å². The van der Waals surface area contributed by atoms with Gasteiger partial charge < -0.3 is 4.74 Å². The van der Waals surface area contributed by atoms with Gasteiger partial charge in [-0.25, -0.2) is 0 Å². The lowest BCUT2D eigenvalue weighted by molar-refractivity contribution is 0.340. The lowest BCUT2D eigenvalue weighted by Gasteiger charge is -2.11. The minimum absolute atomic E-state index is 0.270. The molecule has 0 aliphatic carbocycles. The Kier molecular flexibility index (Phi) is 4.46. The number of alkyl halides is 1. The molecule has 1 nitrogen and oxygen atoms in total. The molecule has 0 aliphatic rings. The molecule has 0 spiro atoms. The van der Waals surface area contributed by atoms with Gasteiger partial charge in [0.25, 0.3) is 0 Å². The number of aryl methyl sites for hydroxylation is 2. The number of ether oxygens (including phenoxy) is 1. The quantitative estimate of drug-likeness (QED) is 0.698. The molecule has 0 amide bonds. The maximum atomic E-state index is 5.46. The predicted octanol–water partition coefficient (Wildman–Crippen LogP) is 5.25. The number of halogens is 1. The number of hydrogen-bond donors (Lipinski definition) is 0. The van der Waals surface area contributed by atoms with E-state index in [0.717, 1.165) is 5.75 Å². The molecule has 1 aromatic heterocycles. The summed E-state index contributed by atoms with van der Waals surface area (Å²) in [5, 5.41) is 0. The zero-order chi connectivity index (χ0) is 13.1. The van der Waals surface area contributed by atoms with Gasteiger partial charge in [-0.3, -0.25) is 0 Å². The Hall–Kier alpha value is -0.800. The van der Waals surface area contributed by atoms with Crippen molar-refractivity contribution >= 4 is 27.3 Å². The Morgan fingerprint density at radius 2 is 1.89 bits per heavy atom. The maximum absolute atomic E-state index is 5.46. The van der Waals surface area contributed by atoms with Crippen LogP contribution in [0.25, 0.3) is 0 Å². The van der Waals surface area contributed by atoms with Crippen LogP contribution >= 0.6 is 27.3 Å². The summed E-state index contributed by atoms with van der Waals surface area (Å²) in [6.07, 6.45) is 0. The molecule has 0 saturated heterocycles. The van der Waals surface area contributed by atoms with Crippen LogP contribution in [0.15, 0.2) is 30.3 Å². The van der Waals surface area contributed by atoms with Gasteiger partial charge in [-0.05, 0) is 50.1 Å². The number of thiophene rings is 1. The summed E-state index contributed by atoms with van der Waals surface area (Å²) in [7, 11) is 0. The van der Waals surface area contributed by atoms with E-state index in [2.05, 4.69) is 48.0 Å². The van der Waals surface area contributed by atoms with Crippen LogP contribution in [0.1, 0.15) is 32.6 Å². The summed E-state index contributed by atoms with van der Waals surface area (Å²) in [4.78, 5) is 3.02. The second-order valence-corrected chi connectivity index (χ2v) is 6.47. The van der Waals surface area contributed by atoms with Crippen molar-refractivity contribution in [3.8, 4) is 5.75 Å². The molecule has 0 N–H and O–H groups in total. The normalized spacial score (nSPS) is 12.4. The Labute approximate surface area is 121 Å². The molecule has 1 aromatic carbocycles. The molecule has 0 radical (unpaired) electrons. The highest BCUT2D eigenvalue weighted by atomic mass is 79.9. The molecule has 1 atom stereocenters. The molecule has 0 aliphatic heterocycles. The van der Waals surface area contributed by atoms with E-state index in [9.17, 15) is 0 Å². The highest BCUT2D eigenvalue weighted by Crippen LogP contribution is 2.38. The Morgan fingerprint density at radius 1 is 1.22 bits per heavy atom. The van der Waals surface area contributed by atoms with Gasteiger partial charge in [0.1, 0.15) is 5.75 Å². The SMILES string of the molecule is CCOc1ccc(C(Br)c2sc(C)cc2C)cc1. The summed E-state index contributed by atoms with van der Waals surface area (Å²) in [6.45, 7) is 7.03. The lowest BCUT2D eigenvalue weighted by Crippen LogP contribution is -1.94. The predicted molar refractivity (Wildman–Crippen MR) is 82.2 cm³/mol. The summed E-state index contributed by atoms with van der Waals surface area (Å²) >= 11 is 5.65. The van der Waals surface area contributed by atoms with Crippen LogP contribution in [-0.2, 0) is 0 Å². The third kappa shape index (κ3) is 2.96. The van der Waals surface area contributed by atoms with Gasteiger partial charge in [-0.1, -0.05) is 28.1 Å². The van der Waals surface area contributed by atoms with E-state index < -0.39 is 0 Å². The van der Waals surface area contributed by atoms with Gasteiger partial charge in [0.05, 0.1) is 11.4 Å². The van der Waals surface area contributed by atoms with E-state index in [1.807, 2.05) is 30.4 Å². The van der Waals surface area contributed by atoms with Crippen LogP contribution in [0.2, 0.25) is 0 Å². The molecular weight excluding hydrogens is 308 g/mol. The van der Waals surface area contributed by atoms with Crippen LogP contribution in [0.4, 0.5) is 0 Å². The second-order valence-electron chi connectivity index (χ2n) is 4.27. The monoisotopic (exact) mass is 324 g/mol. The van der Waals surface area contributed by atoms with E-state index in [4.69, 9.17) is 4.74 Å². The van der Waals surface area contributed by atoms with E-state index in [1.54, 1.807) is 0 Å². The number of rotatable bonds is 4. The molecule has 2 rings (SSSR count). The molecule has 3 heteroatoms. The van der Waals surface area contributed by atoms with E-state index in [0.29, 0.717) is 6.61 Å². The highest BCUT2D eigenvalue weighted by Gasteiger charge is 2.15. The molecule has 0 fully saturated rings. The van der Waals surface area contributed by atoms with Crippen molar-refractivity contribution in [1.82, 2.24) is 0 Å². The van der Waals surface area contributed by atoms with Crippen LogP contribution in [-0.4, -0.2) is 6.61 Å². The Bertz CT molecular complexity index is 516. The van der Waals surface area contributed by atoms with Crippen molar-refractivity contribution in [3.05, 3.63) is 51.2 Å². The topological polar surface area (TPSA) is 9.23 Å². The van der Waals surface area contributed by atoms with Crippen LogP contribution in [0, 0.1) is 13.8 Å². The van der Waals surface area contributed by atoms with E-state index >= 15 is 0 Å². The molecular formula is C15H17BrOS. The third-order valence-corrected chi connectivity index (χ3v) is 5.30. The van der Waals surface area contributed by atoms with Gasteiger partial charge in [-0.15, -0.1) is 11.3 Å². The summed E-state index contributed by atoms with van der Waals surface area (Å²) in [6, 6.07) is 10.5. The first kappa shape index (κ1) is 13.6. The first-order chi connectivity index (χ1) is 8.61. The standard InChI is InChI=1S/C15H17BrOS/c1-4-17-13-7-5-12(6-8-13)14(16)15-10(2)9-11(3)18-15/h5-9,14H,4H2,1-3H3. The van der Waals surface area contributed by atoms with Crippen molar-refractivity contribution < 1.29 is 4.74 Å². The minimum Gasteiger partial charge on any atom is -0.494 e. The molecule has 1 unspecified atom stereocenters. The first-order valence-corrected chi connectivity index (χ1v) is 7.78. The van der Waals surface area contributed by atoms with Crippen LogP contribution in [0.5, 0.6) is 5.75 Å². The largest absolute Gasteiger partial charge is 0.494 e. The summed E-state index contributed by atoms with van der Waals surface area (Å²) in [5.74, 6) is 0.931. The molecule has 1 heterocycles. The van der Waals surface area contributed by atoms with Crippen molar-refractivity contribution in [1.29, 1.82) is 0 Å². The van der Waals surface area contributed by atoms with Gasteiger partial charge in [0, 0.05) is 9.75 Å². The molecule has 18 heavy (non-hydrogen) atoms. The zero-order valence-corrected chi connectivity index (χ0v) is 13.3. The zero-order valence-electron chi connectivity index (χ0n) is 10.9. The van der Waals surface area contributed by atoms with Crippen LogP contribution in [0.3, 0.4) is 0 Å². The van der Waals surface area contributed by atoms with Gasteiger partial charge in [0.15, 0.2) is 0 Å². The van der Waals surface area contributed by atoms with Crippen molar-refractivity contribution in [2.24, 2.45) is 0 Å². The molecule has 2 aromatic rings. The van der Waals surface area contributed by atoms with Crippen molar-refractivity contribution in [3.63, 3.8) is 0 Å². The van der Waals surface area contributed by atoms with Gasteiger partial charge in [0.2, 0.25) is 0 Å². The maximum Gasteiger partial charge on any atom is 0.119 e. The fourth-order valence-corrected chi connectivity index (χ4v) is 3.95. The minimum atomic E-state index is 0.270. The van der Waals surface area contributed by atoms with E-state index in [1.165, 1.54) is 20.9 Å². The Balaban J connectivity index is 2.23. The molecule has 96 valence electrons. The summed E-state index contributed by atoms with van der Waals surface area (Å²) in [5.41, 5.74) is 2.62. The Morgan fingerprint density at radius 3 is 2.39 bits per heavy atom. The number of hydrogen-bond acceptors (Lipinski definition) is 2. The number of benzene rings is 1. The average Bonchev–Trinajstić information content (AvgIpc) is 2.69. The average molecular weight is 325 g/mol. The fraction of sp³-hybridized carbons (Fsp3) is 0.333. The molecule has 0 bridgehead atoms. The summed E-state index contributed by atoms with van der Waals surface area (Å²) < 4.78 is 5.46.